The molecule has 0 saturated carbocycles. The number of unbranched alkanes of at least 4 members (excludes halogenated alkanes) is 32. The third kappa shape index (κ3) is 76.9. The largest absolute Gasteiger partial charge is 1.00 e. The molecule has 12 N–H and O–H groups in total. The van der Waals surface area contributed by atoms with Gasteiger partial charge in [0, 0.05) is 5.97 Å². The lowest BCUT2D eigenvalue weighted by atomic mass is 10.0. The minimum absolute atomic E-state index is 0. The van der Waals surface area contributed by atoms with Gasteiger partial charge in [-0.1, -0.05) is 287 Å². The van der Waals surface area contributed by atoms with Crippen molar-refractivity contribution in [1.29, 1.82) is 0 Å². The number of aliphatic carboxylic acids is 1. The molecule has 0 radical (unpaired) electrons. The predicted octanol–water partition coefficient (Wildman–Crippen LogP) is 4.97. The number of hydroxylamine groups is 12. The van der Waals surface area contributed by atoms with E-state index in [9.17, 15) is 61.3 Å². The van der Waals surface area contributed by atoms with Gasteiger partial charge in [-0.25, -0.2) is 0 Å². The van der Waals surface area contributed by atoms with Crippen LogP contribution in [0.2, 0.25) is 0 Å². The van der Waals surface area contributed by atoms with Crippen molar-refractivity contribution >= 4 is 5.97 Å². The number of aliphatic hydroxyl groups is 12. The van der Waals surface area contributed by atoms with E-state index in [1.165, 1.54) is 205 Å². The van der Waals surface area contributed by atoms with Crippen molar-refractivity contribution in [3.8, 4) is 0 Å². The van der Waals surface area contributed by atoms with E-state index in [1.54, 1.807) is 27.7 Å². The van der Waals surface area contributed by atoms with Crippen LogP contribution in [0.15, 0.2) is 0 Å². The first-order valence-corrected chi connectivity index (χ1v) is 44.9. The summed E-state index contributed by atoms with van der Waals surface area (Å²) in [6.07, 6.45) is 49.7. The number of halogens is 3. The van der Waals surface area contributed by atoms with E-state index < -0.39 is 30.4 Å². The minimum Gasteiger partial charge on any atom is -1.00 e. The first-order valence-electron chi connectivity index (χ1n) is 44.9. The third-order valence-corrected chi connectivity index (χ3v) is 20.5. The lowest BCUT2D eigenvalue weighted by Crippen LogP contribution is -3.00. The van der Waals surface area contributed by atoms with Crippen molar-refractivity contribution in [1.82, 2.24) is 0 Å². The quantitative estimate of drug-likeness (QED) is 0.0217. The van der Waals surface area contributed by atoms with Crippen LogP contribution in [0.1, 0.15) is 373 Å². The Kier molecular flexibility index (Phi) is 102. The highest BCUT2D eigenvalue weighted by Crippen LogP contribution is 2.26. The fourth-order valence-corrected chi connectivity index (χ4v) is 14.4. The van der Waals surface area contributed by atoms with Crippen molar-refractivity contribution in [2.45, 2.75) is 421 Å². The maximum Gasteiger partial charge on any atom is 0.142 e. The van der Waals surface area contributed by atoms with Gasteiger partial charge in [0.15, 0.2) is 0 Å². The van der Waals surface area contributed by atoms with E-state index in [0.717, 1.165) is 110 Å². The van der Waals surface area contributed by atoms with Crippen LogP contribution in [-0.2, 0) is 24.1 Å². The van der Waals surface area contributed by atoms with E-state index in [0.29, 0.717) is 52.4 Å². The molecule has 0 spiro atoms. The van der Waals surface area contributed by atoms with Gasteiger partial charge in [0.25, 0.3) is 0 Å². The molecule has 0 aromatic rings. The van der Waals surface area contributed by atoms with Gasteiger partial charge in [-0.3, -0.25) is 0 Å². The van der Waals surface area contributed by atoms with E-state index in [2.05, 4.69) is 55.4 Å². The minimum atomic E-state index is -1.08. The molecule has 0 bridgehead atoms. The summed E-state index contributed by atoms with van der Waals surface area (Å²) in [6, 6.07) is 0. The molecular formula is C86H187F3N4O18. The topological polar surface area (TPSA) is 320 Å². The Hall–Kier alpha value is -1.54. The third-order valence-electron chi connectivity index (χ3n) is 20.5. The normalized spacial score (nSPS) is 13.8. The Morgan fingerprint density at radius 2 is 0.360 bits per heavy atom. The van der Waals surface area contributed by atoms with Crippen LogP contribution in [-0.4, -0.2) is 266 Å². The molecule has 8 unspecified atom stereocenters. The number of carbonyl (C=O) groups excluding carboxylic acids is 1. The van der Waals surface area contributed by atoms with Crippen LogP contribution < -0.4 is 19.2 Å². The number of quaternary nitrogens is 4. The molecule has 25 heteroatoms. The average molecular weight is 1620 g/mol. The molecule has 0 aromatic heterocycles. The highest BCUT2D eigenvalue weighted by atomic mass is 19.0. The van der Waals surface area contributed by atoms with Gasteiger partial charge in [-0.2, -0.15) is 37.9 Å². The fourth-order valence-electron chi connectivity index (χ4n) is 14.4. The summed E-state index contributed by atoms with van der Waals surface area (Å²) in [7, 11) is 0. The Morgan fingerprint density at radius 3 is 0.459 bits per heavy atom. The molecule has 0 aromatic carbocycles. The van der Waals surface area contributed by atoms with Crippen molar-refractivity contribution in [2.75, 3.05) is 131 Å². The number of carbonyl (C=O) groups is 1. The van der Waals surface area contributed by atoms with Gasteiger partial charge in [0.2, 0.25) is 0 Å². The van der Waals surface area contributed by atoms with Crippen LogP contribution in [0.25, 0.3) is 0 Å². The number of aliphatic hydroxyl groups excluding tert-OH is 12. The summed E-state index contributed by atoms with van der Waals surface area (Å²) in [4.78, 5) is 33.9. The Bertz CT molecular complexity index is 1480. The van der Waals surface area contributed by atoms with Crippen molar-refractivity contribution in [2.24, 2.45) is 0 Å². The molecule has 0 amide bonds. The monoisotopic (exact) mass is 1620 g/mol. The molecular weight excluding hydrogens is 1430 g/mol. The molecule has 8 atom stereocenters. The number of carboxylic acid groups (broad SMARTS) is 1. The Morgan fingerprint density at radius 1 is 0.243 bits per heavy atom. The summed E-state index contributed by atoms with van der Waals surface area (Å²) >= 11 is 0. The second-order valence-electron chi connectivity index (χ2n) is 31.2. The zero-order valence-electron chi connectivity index (χ0n) is 74.1. The predicted molar refractivity (Wildman–Crippen MR) is 442 cm³/mol. The van der Waals surface area contributed by atoms with Gasteiger partial charge < -0.3 is 85.3 Å². The van der Waals surface area contributed by atoms with Crippen LogP contribution in [0, 0.1) is 0 Å². The second kappa shape index (κ2) is 90.8. The zero-order valence-corrected chi connectivity index (χ0v) is 74.1. The SMILES string of the molecule is CC(=O)[O-].CCCCCCCCCCCC(O[N+](CCC)(CCO)CCO)C(C)O.CCCCCCCCCCCC(O[N+](CCC)(CCO)CCO)C(C)O.CCCCCCCCCCCC(O[N+](CCC)(CCO)CCO)C(C)O.CCCCCCCCCCCC(O[N+](CCC)(CCO)CCO)C(C)O.[F-].[F-].[F-]. The molecule has 0 aliphatic carbocycles. The van der Waals surface area contributed by atoms with Crippen molar-refractivity contribution in [3.63, 3.8) is 0 Å². The fraction of sp³-hybridized carbons (Fsp3) is 0.988. The van der Waals surface area contributed by atoms with E-state index in [4.69, 9.17) is 29.3 Å². The number of hydrogen-bond donors (Lipinski definition) is 12. The number of nitrogens with zero attached hydrogens (tertiary/aromatic N) is 4. The summed E-state index contributed by atoms with van der Waals surface area (Å²) in [5.74, 6) is -1.08. The van der Waals surface area contributed by atoms with Gasteiger partial charge in [-0.05, 0) is 86.0 Å². The molecule has 0 aliphatic heterocycles. The summed E-state index contributed by atoms with van der Waals surface area (Å²) in [5, 5.41) is 125. The van der Waals surface area contributed by atoms with Crippen LogP contribution >= 0.6 is 0 Å². The van der Waals surface area contributed by atoms with Crippen LogP contribution in [0.4, 0.5) is 0 Å². The standard InChI is InChI=1S/4C21H46NO4.C2H4O2.3FH/c4*1-4-6-7-8-9-10-11-12-13-14-21(20(3)25)26-22(15-5-2,16-18-23)17-19-24;1-2(3)4;;;/h4*20-21,23-25H,4-19H2,1-3H3;1H3,(H,3,4);3*1H/q4*+1;;;;/p-4. The maximum atomic E-state index is 10.1. The van der Waals surface area contributed by atoms with Gasteiger partial charge >= 0.3 is 0 Å². The van der Waals surface area contributed by atoms with Gasteiger partial charge in [-0.15, -0.1) is 0 Å². The summed E-state index contributed by atoms with van der Waals surface area (Å²) < 4.78 is 0.931. The smallest absolute Gasteiger partial charge is 0.142 e. The first-order chi connectivity index (χ1) is 51.9. The second-order valence-corrected chi connectivity index (χ2v) is 31.2. The van der Waals surface area contributed by atoms with E-state index in [1.807, 2.05) is 0 Å². The highest BCUT2D eigenvalue weighted by Gasteiger charge is 2.38. The van der Waals surface area contributed by atoms with Gasteiger partial charge in [0.05, 0.1) is 77.3 Å². The number of rotatable bonds is 76. The molecule has 0 saturated heterocycles. The molecule has 0 aliphatic rings. The lowest BCUT2D eigenvalue weighted by Gasteiger charge is -2.38. The number of hydrogen-bond acceptors (Lipinski definition) is 18. The van der Waals surface area contributed by atoms with Gasteiger partial charge in [0.1, 0.15) is 103 Å². The van der Waals surface area contributed by atoms with Crippen LogP contribution in [0.5, 0.6) is 0 Å². The molecule has 0 rings (SSSR count). The van der Waals surface area contributed by atoms with E-state index in [-0.39, 0.29) is 110 Å². The first kappa shape index (κ1) is 125. The number of carboxylic acids is 1. The Balaban J connectivity index is -0.000000207. The molecule has 0 heterocycles. The molecule has 111 heavy (non-hydrogen) atoms. The lowest BCUT2D eigenvalue weighted by molar-refractivity contribution is -1.11. The van der Waals surface area contributed by atoms with E-state index >= 15 is 0 Å². The van der Waals surface area contributed by atoms with Crippen LogP contribution in [0.3, 0.4) is 0 Å². The summed E-state index contributed by atoms with van der Waals surface area (Å²) in [5.41, 5.74) is 0. The Labute approximate surface area is 679 Å². The maximum absolute atomic E-state index is 10.1. The zero-order chi connectivity index (χ0) is 82.3. The average Bonchev–Trinajstić information content (AvgIpc) is 0.874. The molecule has 22 nitrogen and oxygen atoms in total. The summed E-state index contributed by atoms with van der Waals surface area (Å²) in [6.45, 7) is 32.1. The molecule has 680 valence electrons. The van der Waals surface area contributed by atoms with Crippen molar-refractivity contribution < 1.29 is 123 Å². The van der Waals surface area contributed by atoms with Crippen molar-refractivity contribution in [3.05, 3.63) is 0 Å². The highest BCUT2D eigenvalue weighted by molar-refractivity contribution is 5.60. The molecule has 0 fully saturated rings.